The van der Waals surface area contributed by atoms with Gasteiger partial charge >= 0.3 is 18.0 Å². The highest BCUT2D eigenvalue weighted by Gasteiger charge is 2.34. The van der Waals surface area contributed by atoms with E-state index in [0.29, 0.717) is 11.3 Å². The van der Waals surface area contributed by atoms with Gasteiger partial charge in [-0.3, -0.25) is 20.4 Å². The molecule has 0 radical (unpaired) electrons. The van der Waals surface area contributed by atoms with Crippen molar-refractivity contribution < 1.29 is 47.7 Å². The van der Waals surface area contributed by atoms with Gasteiger partial charge in [-0.25, -0.2) is 14.4 Å². The van der Waals surface area contributed by atoms with Gasteiger partial charge in [-0.05, 0) is 117 Å². The molecule has 3 N–H and O–H groups in total. The second-order valence-corrected chi connectivity index (χ2v) is 13.3. The van der Waals surface area contributed by atoms with Crippen LogP contribution in [0, 0.1) is 6.92 Å². The van der Waals surface area contributed by atoms with Gasteiger partial charge in [0, 0.05) is 12.1 Å². The van der Waals surface area contributed by atoms with E-state index in [1.54, 1.807) is 81.4 Å². The summed E-state index contributed by atoms with van der Waals surface area (Å²) in [6, 6.07) is 10.6. The summed E-state index contributed by atoms with van der Waals surface area (Å²) >= 11 is 0. The number of alkyl carbamates (subject to hydrolysis) is 1. The van der Waals surface area contributed by atoms with Gasteiger partial charge in [-0.15, -0.1) is 0 Å². The predicted octanol–water partition coefficient (Wildman–Crippen LogP) is 4.29. The Labute approximate surface area is 269 Å². The first-order chi connectivity index (χ1) is 21.1. The van der Waals surface area contributed by atoms with Gasteiger partial charge in [-0.2, -0.15) is 0 Å². The molecular formula is C33H45N3O10. The van der Waals surface area contributed by atoms with Crippen LogP contribution in [-0.4, -0.2) is 59.4 Å². The SMILES string of the molecule is Cc1cc(C(=O)NNC(=O)C(Oc2ccc(OCC(=O)OC(C)(C)C)cc2)C(=O)OC(C)(C)C)ccc1CNC(=O)OC(C)(C)C. The minimum Gasteiger partial charge on any atom is -0.482 e. The number of amides is 3. The minimum absolute atomic E-state index is 0.119. The Balaban J connectivity index is 2.05. The molecule has 1 atom stereocenters. The molecule has 13 heteroatoms. The van der Waals surface area contributed by atoms with Crippen LogP contribution in [0.5, 0.6) is 11.5 Å². The average Bonchev–Trinajstić information content (AvgIpc) is 2.90. The van der Waals surface area contributed by atoms with E-state index in [0.717, 1.165) is 5.56 Å². The van der Waals surface area contributed by atoms with Gasteiger partial charge < -0.3 is 29.0 Å². The number of hydrazine groups is 1. The Morgan fingerprint density at radius 1 is 0.717 bits per heavy atom. The van der Waals surface area contributed by atoms with E-state index in [1.165, 1.54) is 30.3 Å². The van der Waals surface area contributed by atoms with Crippen LogP contribution in [0.25, 0.3) is 0 Å². The lowest BCUT2D eigenvalue weighted by Gasteiger charge is -2.24. The Morgan fingerprint density at radius 3 is 1.83 bits per heavy atom. The molecule has 3 amide bonds. The van der Waals surface area contributed by atoms with Crippen LogP contribution >= 0.6 is 0 Å². The smallest absolute Gasteiger partial charge is 0.407 e. The van der Waals surface area contributed by atoms with E-state index in [-0.39, 0.29) is 24.5 Å². The standard InChI is InChI=1S/C33H45N3O10/c1-20-17-21(11-12-22(20)18-34-30(41)46-33(8,9)10)27(38)35-36-28(39)26(29(40)45-32(5,6)7)43-24-15-13-23(14-16-24)42-19-25(37)44-31(2,3)4/h11-17,26H,18-19H2,1-10H3,(H,34,41)(H,35,38)(H,36,39). The molecule has 0 spiro atoms. The normalized spacial score (nSPS) is 12.2. The number of ether oxygens (including phenoxy) is 5. The summed E-state index contributed by atoms with van der Waals surface area (Å²) in [5.74, 6) is -2.72. The number of hydrogen-bond acceptors (Lipinski definition) is 10. The van der Waals surface area contributed by atoms with E-state index < -0.39 is 52.8 Å². The molecule has 0 aromatic heterocycles. The van der Waals surface area contributed by atoms with Gasteiger partial charge in [0.25, 0.3) is 17.9 Å². The summed E-state index contributed by atoms with van der Waals surface area (Å²) in [7, 11) is 0. The first-order valence-electron chi connectivity index (χ1n) is 14.6. The van der Waals surface area contributed by atoms with Crippen molar-refractivity contribution in [3.63, 3.8) is 0 Å². The monoisotopic (exact) mass is 643 g/mol. The zero-order valence-electron chi connectivity index (χ0n) is 28.1. The van der Waals surface area contributed by atoms with Crippen molar-refractivity contribution in [2.75, 3.05) is 6.61 Å². The van der Waals surface area contributed by atoms with Gasteiger partial charge in [-0.1, -0.05) is 6.07 Å². The Morgan fingerprint density at radius 2 is 1.28 bits per heavy atom. The van der Waals surface area contributed by atoms with Crippen molar-refractivity contribution in [3.05, 3.63) is 59.2 Å². The van der Waals surface area contributed by atoms with E-state index in [1.807, 2.05) is 0 Å². The number of esters is 2. The fourth-order valence-electron chi connectivity index (χ4n) is 3.60. The molecular weight excluding hydrogens is 598 g/mol. The molecule has 2 aromatic rings. The third-order valence-corrected chi connectivity index (χ3v) is 5.44. The lowest BCUT2D eigenvalue weighted by molar-refractivity contribution is -0.166. The molecule has 2 aromatic carbocycles. The number of benzene rings is 2. The highest BCUT2D eigenvalue weighted by Crippen LogP contribution is 2.21. The maximum absolute atomic E-state index is 13.1. The maximum Gasteiger partial charge on any atom is 0.407 e. The number of carbonyl (C=O) groups is 5. The molecule has 13 nitrogen and oxygen atoms in total. The molecule has 46 heavy (non-hydrogen) atoms. The predicted molar refractivity (Wildman–Crippen MR) is 168 cm³/mol. The molecule has 1 unspecified atom stereocenters. The third-order valence-electron chi connectivity index (χ3n) is 5.44. The van der Waals surface area contributed by atoms with Crippen LogP contribution in [0.15, 0.2) is 42.5 Å². The fraction of sp³-hybridized carbons (Fsp3) is 0.485. The zero-order valence-corrected chi connectivity index (χ0v) is 28.1. The summed E-state index contributed by atoms with van der Waals surface area (Å²) in [6.45, 7) is 17.0. The van der Waals surface area contributed by atoms with Crippen molar-refractivity contribution in [2.45, 2.75) is 98.7 Å². The Bertz CT molecular complexity index is 1400. The van der Waals surface area contributed by atoms with Crippen molar-refractivity contribution in [3.8, 4) is 11.5 Å². The second kappa shape index (κ2) is 15.5. The van der Waals surface area contributed by atoms with E-state index in [4.69, 9.17) is 23.7 Å². The summed E-state index contributed by atoms with van der Waals surface area (Å²) < 4.78 is 26.9. The third kappa shape index (κ3) is 13.9. The summed E-state index contributed by atoms with van der Waals surface area (Å²) in [5.41, 5.74) is 3.96. The van der Waals surface area contributed by atoms with Crippen molar-refractivity contribution >= 4 is 29.8 Å². The van der Waals surface area contributed by atoms with Crippen LogP contribution in [0.1, 0.15) is 83.8 Å². The molecule has 2 rings (SSSR count). The highest BCUT2D eigenvalue weighted by molar-refractivity contribution is 6.03. The summed E-state index contributed by atoms with van der Waals surface area (Å²) in [5, 5.41) is 2.66. The highest BCUT2D eigenvalue weighted by atomic mass is 16.6. The van der Waals surface area contributed by atoms with Gasteiger partial charge in [0.15, 0.2) is 6.61 Å². The van der Waals surface area contributed by atoms with Crippen LogP contribution in [0.3, 0.4) is 0 Å². The quantitative estimate of drug-likeness (QED) is 0.147. The first-order valence-corrected chi connectivity index (χ1v) is 14.6. The Hall–Kier alpha value is -4.81. The summed E-state index contributed by atoms with van der Waals surface area (Å²) in [6.07, 6.45) is -2.35. The van der Waals surface area contributed by atoms with Crippen molar-refractivity contribution in [2.24, 2.45) is 0 Å². The number of nitrogens with one attached hydrogen (secondary N) is 3. The maximum atomic E-state index is 13.1. The number of aryl methyl sites for hydroxylation is 1. The molecule has 0 aliphatic rings. The minimum atomic E-state index is -1.78. The van der Waals surface area contributed by atoms with E-state index in [2.05, 4.69) is 16.2 Å². The lowest BCUT2D eigenvalue weighted by Crippen LogP contribution is -2.52. The Kier molecular flexibility index (Phi) is 12.6. The molecule has 0 saturated carbocycles. The van der Waals surface area contributed by atoms with Gasteiger partial charge in [0.05, 0.1) is 0 Å². The van der Waals surface area contributed by atoms with Gasteiger partial charge in [0.2, 0.25) is 0 Å². The van der Waals surface area contributed by atoms with Gasteiger partial charge in [0.1, 0.15) is 28.3 Å². The molecule has 252 valence electrons. The topological polar surface area (TPSA) is 168 Å². The number of rotatable bonds is 10. The average molecular weight is 644 g/mol. The number of carbonyl (C=O) groups excluding carboxylic acids is 5. The number of hydrogen-bond donors (Lipinski definition) is 3. The van der Waals surface area contributed by atoms with Crippen LogP contribution in [0.2, 0.25) is 0 Å². The van der Waals surface area contributed by atoms with Crippen molar-refractivity contribution in [1.82, 2.24) is 16.2 Å². The summed E-state index contributed by atoms with van der Waals surface area (Å²) in [4.78, 5) is 62.7. The van der Waals surface area contributed by atoms with E-state index >= 15 is 0 Å². The van der Waals surface area contributed by atoms with Crippen LogP contribution in [-0.2, 0) is 35.1 Å². The molecule has 0 saturated heterocycles. The second-order valence-electron chi connectivity index (χ2n) is 13.3. The fourth-order valence-corrected chi connectivity index (χ4v) is 3.60. The first kappa shape index (κ1) is 37.4. The molecule has 0 aliphatic heterocycles. The molecule has 0 fully saturated rings. The largest absolute Gasteiger partial charge is 0.482 e. The van der Waals surface area contributed by atoms with Crippen LogP contribution < -0.4 is 25.6 Å². The molecule has 0 bridgehead atoms. The van der Waals surface area contributed by atoms with E-state index in [9.17, 15) is 24.0 Å². The molecule has 0 heterocycles. The zero-order chi connectivity index (χ0) is 34.9. The van der Waals surface area contributed by atoms with Crippen LogP contribution in [0.4, 0.5) is 4.79 Å². The molecule has 0 aliphatic carbocycles. The lowest BCUT2D eigenvalue weighted by atomic mass is 10.0. The van der Waals surface area contributed by atoms with Crippen molar-refractivity contribution in [1.29, 1.82) is 0 Å².